The van der Waals surface area contributed by atoms with Gasteiger partial charge in [0.2, 0.25) is 0 Å². The highest BCUT2D eigenvalue weighted by Gasteiger charge is 2.30. The molecule has 106 valence electrons. The van der Waals surface area contributed by atoms with Crippen LogP contribution in [0.3, 0.4) is 0 Å². The molecule has 0 radical (unpaired) electrons. The normalized spacial score (nSPS) is 24.6. The second-order valence-electron chi connectivity index (χ2n) is 6.10. The molecule has 1 aliphatic rings. The highest BCUT2D eigenvalue weighted by molar-refractivity contribution is 5.19. The Labute approximate surface area is 118 Å². The van der Waals surface area contributed by atoms with Gasteiger partial charge in [-0.3, -0.25) is 4.98 Å². The lowest BCUT2D eigenvalue weighted by Crippen LogP contribution is -2.40. The maximum Gasteiger partial charge on any atom is 0.0448 e. The zero-order valence-electron chi connectivity index (χ0n) is 12.7. The Morgan fingerprint density at radius 3 is 2.89 bits per heavy atom. The molecular formula is C17H28N2. The molecule has 1 fully saturated rings. The van der Waals surface area contributed by atoms with E-state index in [0.29, 0.717) is 6.04 Å². The van der Waals surface area contributed by atoms with Gasteiger partial charge >= 0.3 is 0 Å². The first-order valence-corrected chi connectivity index (χ1v) is 7.86. The smallest absolute Gasteiger partial charge is 0.0448 e. The van der Waals surface area contributed by atoms with E-state index in [0.717, 1.165) is 24.8 Å². The van der Waals surface area contributed by atoms with Crippen molar-refractivity contribution in [2.24, 2.45) is 11.8 Å². The molecule has 2 nitrogen and oxygen atoms in total. The van der Waals surface area contributed by atoms with E-state index in [1.165, 1.54) is 36.9 Å². The van der Waals surface area contributed by atoms with E-state index in [-0.39, 0.29) is 0 Å². The Hall–Kier alpha value is -0.890. The molecular weight excluding hydrogens is 232 g/mol. The molecule has 19 heavy (non-hydrogen) atoms. The maximum atomic E-state index is 4.58. The average molecular weight is 260 g/mol. The lowest BCUT2D eigenvalue weighted by molar-refractivity contribution is 0.293. The quantitative estimate of drug-likeness (QED) is 0.843. The van der Waals surface area contributed by atoms with Crippen molar-refractivity contribution in [3.63, 3.8) is 0 Å². The van der Waals surface area contributed by atoms with Gasteiger partial charge in [0.05, 0.1) is 0 Å². The maximum absolute atomic E-state index is 4.58. The van der Waals surface area contributed by atoms with E-state index in [2.05, 4.69) is 37.1 Å². The molecule has 1 aliphatic carbocycles. The second-order valence-corrected chi connectivity index (χ2v) is 6.10. The fourth-order valence-corrected chi connectivity index (χ4v) is 3.42. The molecule has 3 unspecified atom stereocenters. The largest absolute Gasteiger partial charge is 0.313 e. The van der Waals surface area contributed by atoms with Crippen molar-refractivity contribution in [3.8, 4) is 0 Å². The van der Waals surface area contributed by atoms with Crippen LogP contribution < -0.4 is 5.32 Å². The van der Waals surface area contributed by atoms with Crippen molar-refractivity contribution in [1.82, 2.24) is 10.3 Å². The fourth-order valence-electron chi connectivity index (χ4n) is 3.42. The Kier molecular flexibility index (Phi) is 5.38. The van der Waals surface area contributed by atoms with Gasteiger partial charge in [-0.15, -0.1) is 0 Å². The summed E-state index contributed by atoms with van der Waals surface area (Å²) in [5.74, 6) is 1.69. The van der Waals surface area contributed by atoms with Crippen LogP contribution in [0.1, 0.15) is 50.8 Å². The summed E-state index contributed by atoms with van der Waals surface area (Å²) in [6, 6.07) is 4.81. The minimum atomic E-state index is 0.603. The molecule has 1 heterocycles. The molecule has 0 aliphatic heterocycles. The topological polar surface area (TPSA) is 24.9 Å². The van der Waals surface area contributed by atoms with Crippen molar-refractivity contribution < 1.29 is 0 Å². The number of pyridine rings is 1. The second kappa shape index (κ2) is 7.04. The summed E-state index contributed by atoms with van der Waals surface area (Å²) < 4.78 is 0. The van der Waals surface area contributed by atoms with Gasteiger partial charge in [-0.2, -0.15) is 0 Å². The Balaban J connectivity index is 2.07. The molecule has 0 spiro atoms. The minimum Gasteiger partial charge on any atom is -0.313 e. The van der Waals surface area contributed by atoms with Crippen LogP contribution in [0.15, 0.2) is 18.3 Å². The van der Waals surface area contributed by atoms with E-state index in [4.69, 9.17) is 0 Å². The lowest BCUT2D eigenvalue weighted by Gasteiger charge is -2.28. The van der Waals surface area contributed by atoms with Gasteiger partial charge in [-0.1, -0.05) is 32.8 Å². The van der Waals surface area contributed by atoms with Crippen LogP contribution >= 0.6 is 0 Å². The lowest BCUT2D eigenvalue weighted by atomic mass is 9.87. The van der Waals surface area contributed by atoms with Gasteiger partial charge in [-0.25, -0.2) is 0 Å². The van der Waals surface area contributed by atoms with E-state index < -0.39 is 0 Å². The number of hydrogen-bond acceptors (Lipinski definition) is 2. The number of aromatic nitrogens is 1. The standard InChI is InChI=1S/C17H28N2/c1-4-10-18-17(15-9-5-7-13(15)2)12-16-14(3)8-6-11-19-16/h6,8,11,13,15,17-18H,4-5,7,9-10,12H2,1-3H3. The summed E-state index contributed by atoms with van der Waals surface area (Å²) in [6.07, 6.45) is 8.40. The summed E-state index contributed by atoms with van der Waals surface area (Å²) >= 11 is 0. The predicted molar refractivity (Wildman–Crippen MR) is 81.3 cm³/mol. The van der Waals surface area contributed by atoms with Crippen molar-refractivity contribution in [2.45, 2.75) is 58.9 Å². The van der Waals surface area contributed by atoms with Gasteiger partial charge < -0.3 is 5.32 Å². The average Bonchev–Trinajstić information content (AvgIpc) is 2.83. The van der Waals surface area contributed by atoms with Gasteiger partial charge in [0.25, 0.3) is 0 Å². The number of hydrogen-bond donors (Lipinski definition) is 1. The molecule has 0 aromatic carbocycles. The Morgan fingerprint density at radius 2 is 2.26 bits per heavy atom. The molecule has 1 aromatic heterocycles. The first-order valence-electron chi connectivity index (χ1n) is 7.86. The highest BCUT2D eigenvalue weighted by Crippen LogP contribution is 2.34. The van der Waals surface area contributed by atoms with Crippen molar-refractivity contribution >= 4 is 0 Å². The molecule has 0 amide bonds. The number of aryl methyl sites for hydroxylation is 1. The predicted octanol–water partition coefficient (Wildman–Crippen LogP) is 3.74. The molecule has 3 atom stereocenters. The van der Waals surface area contributed by atoms with Crippen LogP contribution in [0.4, 0.5) is 0 Å². The first kappa shape index (κ1) is 14.5. The SMILES string of the molecule is CCCNC(Cc1ncccc1C)C1CCCC1C. The fraction of sp³-hybridized carbons (Fsp3) is 0.706. The van der Waals surface area contributed by atoms with E-state index >= 15 is 0 Å². The summed E-state index contributed by atoms with van der Waals surface area (Å²) in [7, 11) is 0. The molecule has 0 saturated heterocycles. The van der Waals surface area contributed by atoms with E-state index in [1.54, 1.807) is 0 Å². The highest BCUT2D eigenvalue weighted by atomic mass is 14.9. The van der Waals surface area contributed by atoms with Crippen LogP contribution in [0.2, 0.25) is 0 Å². The third kappa shape index (κ3) is 3.79. The summed E-state index contributed by atoms with van der Waals surface area (Å²) in [6.45, 7) is 7.97. The van der Waals surface area contributed by atoms with Crippen molar-refractivity contribution in [3.05, 3.63) is 29.6 Å². The van der Waals surface area contributed by atoms with Crippen LogP contribution in [-0.4, -0.2) is 17.6 Å². The van der Waals surface area contributed by atoms with Gasteiger partial charge in [0.15, 0.2) is 0 Å². The number of rotatable bonds is 6. The van der Waals surface area contributed by atoms with Crippen LogP contribution in [0, 0.1) is 18.8 Å². The minimum absolute atomic E-state index is 0.603. The molecule has 1 aromatic rings. The monoisotopic (exact) mass is 260 g/mol. The summed E-state index contributed by atoms with van der Waals surface area (Å²) in [5, 5.41) is 3.78. The summed E-state index contributed by atoms with van der Waals surface area (Å²) in [4.78, 5) is 4.58. The first-order chi connectivity index (χ1) is 9.22. The van der Waals surface area contributed by atoms with Crippen molar-refractivity contribution in [2.75, 3.05) is 6.54 Å². The molecule has 1 N–H and O–H groups in total. The Bertz CT molecular complexity index is 389. The van der Waals surface area contributed by atoms with E-state index in [9.17, 15) is 0 Å². The third-order valence-electron chi connectivity index (χ3n) is 4.63. The third-order valence-corrected chi connectivity index (χ3v) is 4.63. The summed E-state index contributed by atoms with van der Waals surface area (Å²) in [5.41, 5.74) is 2.60. The van der Waals surface area contributed by atoms with Gasteiger partial charge in [0, 0.05) is 24.4 Å². The molecule has 0 bridgehead atoms. The van der Waals surface area contributed by atoms with Crippen LogP contribution in [-0.2, 0) is 6.42 Å². The number of nitrogens with zero attached hydrogens (tertiary/aromatic N) is 1. The molecule has 2 heteroatoms. The number of nitrogens with one attached hydrogen (secondary N) is 1. The van der Waals surface area contributed by atoms with Crippen molar-refractivity contribution in [1.29, 1.82) is 0 Å². The Morgan fingerprint density at radius 1 is 1.42 bits per heavy atom. The zero-order valence-corrected chi connectivity index (χ0v) is 12.7. The van der Waals surface area contributed by atoms with E-state index in [1.807, 2.05) is 12.3 Å². The van der Waals surface area contributed by atoms with Crippen LogP contribution in [0.5, 0.6) is 0 Å². The van der Waals surface area contributed by atoms with Crippen LogP contribution in [0.25, 0.3) is 0 Å². The molecule has 1 saturated carbocycles. The van der Waals surface area contributed by atoms with Gasteiger partial charge in [-0.05, 0) is 49.8 Å². The molecule has 2 rings (SSSR count). The zero-order chi connectivity index (χ0) is 13.7. The van der Waals surface area contributed by atoms with Gasteiger partial charge in [0.1, 0.15) is 0 Å².